The van der Waals surface area contributed by atoms with E-state index in [1.807, 2.05) is 0 Å². The zero-order valence-corrected chi connectivity index (χ0v) is 12.7. The Balaban J connectivity index is 1.75. The minimum Gasteiger partial charge on any atom is -0.508 e. The van der Waals surface area contributed by atoms with Gasteiger partial charge in [-0.1, -0.05) is 12.1 Å². The molecule has 0 radical (unpaired) electrons. The number of benzene rings is 1. The van der Waals surface area contributed by atoms with Crippen molar-refractivity contribution in [2.75, 3.05) is 13.6 Å². The Morgan fingerprint density at radius 3 is 2.62 bits per heavy atom. The maximum atomic E-state index is 12.0. The van der Waals surface area contributed by atoms with Crippen molar-refractivity contribution in [3.05, 3.63) is 29.8 Å². The van der Waals surface area contributed by atoms with Crippen LogP contribution in [-0.2, 0) is 11.2 Å². The summed E-state index contributed by atoms with van der Waals surface area (Å²) in [6.45, 7) is 2.74. The van der Waals surface area contributed by atoms with Gasteiger partial charge in [0.05, 0.1) is 6.04 Å². The molecule has 1 aromatic carbocycles. The average Bonchev–Trinajstić information content (AvgIpc) is 3.30. The maximum absolute atomic E-state index is 12.0. The lowest BCUT2D eigenvalue weighted by atomic mass is 10.1. The van der Waals surface area contributed by atoms with Gasteiger partial charge in [-0.05, 0) is 50.9 Å². The Morgan fingerprint density at radius 1 is 1.43 bits per heavy atom. The van der Waals surface area contributed by atoms with E-state index in [4.69, 9.17) is 5.73 Å². The number of phenolic OH excluding ortho intramolecular Hbond substituents is 1. The SMILES string of the molecule is CC(CNC(=O)[C@H](N)Cc1ccc(O)cc1)N(C)C1CC1. The highest BCUT2D eigenvalue weighted by Gasteiger charge is 2.29. The van der Waals surface area contributed by atoms with E-state index in [9.17, 15) is 9.90 Å². The van der Waals surface area contributed by atoms with Crippen molar-refractivity contribution in [3.63, 3.8) is 0 Å². The van der Waals surface area contributed by atoms with Crippen molar-refractivity contribution in [2.24, 2.45) is 5.73 Å². The standard InChI is InChI=1S/C16H25N3O2/c1-11(19(2)13-5-6-13)10-18-16(21)15(17)9-12-3-7-14(20)8-4-12/h3-4,7-8,11,13,15,20H,5-6,9-10,17H2,1-2H3,(H,18,21)/t11?,15-/m1/s1. The summed E-state index contributed by atoms with van der Waals surface area (Å²) in [5.74, 6) is 0.0906. The smallest absolute Gasteiger partial charge is 0.237 e. The van der Waals surface area contributed by atoms with Crippen molar-refractivity contribution in [3.8, 4) is 5.75 Å². The van der Waals surface area contributed by atoms with Crippen LogP contribution in [0.15, 0.2) is 24.3 Å². The normalized spacial score (nSPS) is 17.5. The van der Waals surface area contributed by atoms with E-state index in [1.54, 1.807) is 24.3 Å². The second-order valence-corrected chi connectivity index (χ2v) is 5.97. The zero-order valence-electron chi connectivity index (χ0n) is 12.7. The molecule has 2 rings (SSSR count). The summed E-state index contributed by atoms with van der Waals surface area (Å²) in [7, 11) is 2.10. The molecule has 1 aliphatic rings. The van der Waals surface area contributed by atoms with Crippen molar-refractivity contribution < 1.29 is 9.90 Å². The van der Waals surface area contributed by atoms with Gasteiger partial charge in [0, 0.05) is 18.6 Å². The van der Waals surface area contributed by atoms with E-state index in [0.717, 1.165) is 5.56 Å². The monoisotopic (exact) mass is 291 g/mol. The number of hydrogen-bond acceptors (Lipinski definition) is 4. The Morgan fingerprint density at radius 2 is 2.05 bits per heavy atom. The summed E-state index contributed by atoms with van der Waals surface area (Å²) >= 11 is 0. The first-order valence-electron chi connectivity index (χ1n) is 7.50. The Bertz CT molecular complexity index is 471. The lowest BCUT2D eigenvalue weighted by Gasteiger charge is -2.25. The van der Waals surface area contributed by atoms with Gasteiger partial charge in [-0.25, -0.2) is 0 Å². The molecule has 0 heterocycles. The second kappa shape index (κ2) is 6.91. The van der Waals surface area contributed by atoms with Gasteiger partial charge in [0.25, 0.3) is 0 Å². The number of phenols is 1. The number of nitrogens with two attached hydrogens (primary N) is 1. The first-order valence-corrected chi connectivity index (χ1v) is 7.50. The zero-order chi connectivity index (χ0) is 15.4. The molecule has 1 saturated carbocycles. The third-order valence-electron chi connectivity index (χ3n) is 4.12. The fourth-order valence-electron chi connectivity index (χ4n) is 2.34. The molecule has 4 N–H and O–H groups in total. The molecule has 1 unspecified atom stereocenters. The number of rotatable bonds is 7. The molecular formula is C16H25N3O2. The molecule has 0 bridgehead atoms. The molecule has 0 spiro atoms. The first-order chi connectivity index (χ1) is 9.97. The van der Waals surface area contributed by atoms with Gasteiger partial charge in [0.2, 0.25) is 5.91 Å². The fourth-order valence-corrected chi connectivity index (χ4v) is 2.34. The van der Waals surface area contributed by atoms with E-state index in [-0.39, 0.29) is 11.7 Å². The molecule has 21 heavy (non-hydrogen) atoms. The van der Waals surface area contributed by atoms with Crippen molar-refractivity contribution in [1.82, 2.24) is 10.2 Å². The third-order valence-corrected chi connectivity index (χ3v) is 4.12. The number of carbonyl (C=O) groups is 1. The molecule has 1 aromatic rings. The van der Waals surface area contributed by atoms with Gasteiger partial charge < -0.3 is 16.2 Å². The maximum Gasteiger partial charge on any atom is 0.237 e. The van der Waals surface area contributed by atoms with E-state index in [2.05, 4.69) is 24.2 Å². The van der Waals surface area contributed by atoms with Crippen LogP contribution in [0.5, 0.6) is 5.75 Å². The number of hydrogen-bond donors (Lipinski definition) is 3. The van der Waals surface area contributed by atoms with Crippen LogP contribution in [0.1, 0.15) is 25.3 Å². The van der Waals surface area contributed by atoms with Gasteiger partial charge in [-0.2, -0.15) is 0 Å². The van der Waals surface area contributed by atoms with E-state index in [1.165, 1.54) is 12.8 Å². The third kappa shape index (κ3) is 4.72. The summed E-state index contributed by atoms with van der Waals surface area (Å²) in [5.41, 5.74) is 6.88. The van der Waals surface area contributed by atoms with Crippen LogP contribution in [0.4, 0.5) is 0 Å². The summed E-state index contributed by atoms with van der Waals surface area (Å²) in [6, 6.07) is 7.22. The summed E-state index contributed by atoms with van der Waals surface area (Å²) in [5, 5.41) is 12.2. The van der Waals surface area contributed by atoms with Crippen molar-refractivity contribution in [1.29, 1.82) is 0 Å². The van der Waals surface area contributed by atoms with Crippen LogP contribution >= 0.6 is 0 Å². The molecule has 5 heteroatoms. The molecule has 116 valence electrons. The first kappa shape index (κ1) is 15.8. The molecule has 2 atom stereocenters. The number of likely N-dealkylation sites (N-methyl/N-ethyl adjacent to an activating group) is 1. The van der Waals surface area contributed by atoms with Gasteiger partial charge in [0.1, 0.15) is 5.75 Å². The molecule has 0 aromatic heterocycles. The largest absolute Gasteiger partial charge is 0.508 e. The highest BCUT2D eigenvalue weighted by molar-refractivity contribution is 5.81. The lowest BCUT2D eigenvalue weighted by molar-refractivity contribution is -0.122. The number of amides is 1. The molecule has 1 aliphatic carbocycles. The quantitative estimate of drug-likeness (QED) is 0.696. The summed E-state index contributed by atoms with van der Waals surface area (Å²) < 4.78 is 0. The van der Waals surface area contributed by atoms with E-state index >= 15 is 0 Å². The molecule has 1 fully saturated rings. The predicted octanol–water partition coefficient (Wildman–Crippen LogP) is 0.861. The van der Waals surface area contributed by atoms with Crippen LogP contribution in [-0.4, -0.2) is 47.6 Å². The van der Waals surface area contributed by atoms with E-state index in [0.29, 0.717) is 25.0 Å². The number of nitrogens with zero attached hydrogens (tertiary/aromatic N) is 1. The fraction of sp³-hybridized carbons (Fsp3) is 0.562. The van der Waals surface area contributed by atoms with Gasteiger partial charge in [0.15, 0.2) is 0 Å². The van der Waals surface area contributed by atoms with Crippen LogP contribution < -0.4 is 11.1 Å². The lowest BCUT2D eigenvalue weighted by Crippen LogP contribution is -2.47. The van der Waals surface area contributed by atoms with Crippen molar-refractivity contribution in [2.45, 2.75) is 44.3 Å². The number of carbonyl (C=O) groups excluding carboxylic acids is 1. The van der Waals surface area contributed by atoms with E-state index < -0.39 is 6.04 Å². The highest BCUT2D eigenvalue weighted by atomic mass is 16.3. The molecule has 0 aliphatic heterocycles. The second-order valence-electron chi connectivity index (χ2n) is 5.97. The minimum atomic E-state index is -0.562. The van der Waals surface area contributed by atoms with Gasteiger partial charge in [-0.15, -0.1) is 0 Å². The van der Waals surface area contributed by atoms with Gasteiger partial charge in [-0.3, -0.25) is 9.69 Å². The molecular weight excluding hydrogens is 266 g/mol. The Kier molecular flexibility index (Phi) is 5.20. The average molecular weight is 291 g/mol. The van der Waals surface area contributed by atoms with Crippen LogP contribution in [0.2, 0.25) is 0 Å². The predicted molar refractivity (Wildman–Crippen MR) is 83.0 cm³/mol. The summed E-state index contributed by atoms with van der Waals surface area (Å²) in [4.78, 5) is 14.3. The number of nitrogens with one attached hydrogen (secondary N) is 1. The topological polar surface area (TPSA) is 78.6 Å². The van der Waals surface area contributed by atoms with Crippen LogP contribution in [0.3, 0.4) is 0 Å². The summed E-state index contributed by atoms with van der Waals surface area (Å²) in [6.07, 6.45) is 2.99. The highest BCUT2D eigenvalue weighted by Crippen LogP contribution is 2.26. The van der Waals surface area contributed by atoms with Crippen molar-refractivity contribution >= 4 is 5.91 Å². The minimum absolute atomic E-state index is 0.126. The molecule has 0 saturated heterocycles. The number of aromatic hydroxyl groups is 1. The Labute approximate surface area is 126 Å². The van der Waals surface area contributed by atoms with Crippen LogP contribution in [0.25, 0.3) is 0 Å². The molecule has 1 amide bonds. The van der Waals surface area contributed by atoms with Gasteiger partial charge >= 0.3 is 0 Å². The Hall–Kier alpha value is -1.59. The van der Waals surface area contributed by atoms with Crippen LogP contribution in [0, 0.1) is 0 Å². The molecule has 5 nitrogen and oxygen atoms in total.